The Morgan fingerprint density at radius 3 is 2.94 bits per heavy atom. The van der Waals surface area contributed by atoms with Crippen LogP contribution in [0.25, 0.3) is 0 Å². The molecule has 3 nitrogen and oxygen atoms in total. The van der Waals surface area contributed by atoms with Crippen molar-refractivity contribution in [2.45, 2.75) is 45.7 Å². The second-order valence-corrected chi connectivity index (χ2v) is 5.35. The van der Waals surface area contributed by atoms with E-state index in [1.54, 1.807) is 0 Å². The third-order valence-corrected chi connectivity index (χ3v) is 3.86. The zero-order valence-electron chi connectivity index (χ0n) is 11.8. The second-order valence-electron chi connectivity index (χ2n) is 5.35. The van der Waals surface area contributed by atoms with Crippen molar-refractivity contribution < 1.29 is 0 Å². The molecule has 1 atom stereocenters. The van der Waals surface area contributed by atoms with Gasteiger partial charge in [-0.15, -0.1) is 0 Å². The molecule has 1 heterocycles. The number of anilines is 1. The lowest BCUT2D eigenvalue weighted by molar-refractivity contribution is 0.597. The van der Waals surface area contributed by atoms with Crippen LogP contribution in [0.3, 0.4) is 0 Å². The molecule has 18 heavy (non-hydrogen) atoms. The van der Waals surface area contributed by atoms with E-state index in [4.69, 9.17) is 0 Å². The maximum Gasteiger partial charge on any atom is 0.132 e. The van der Waals surface area contributed by atoms with Gasteiger partial charge in [0.15, 0.2) is 0 Å². The van der Waals surface area contributed by atoms with E-state index >= 15 is 0 Å². The lowest BCUT2D eigenvalue weighted by atomic mass is 10.1. The van der Waals surface area contributed by atoms with E-state index in [1.165, 1.54) is 24.8 Å². The Hall–Kier alpha value is -1.09. The third-order valence-electron chi connectivity index (χ3n) is 3.86. The predicted molar refractivity (Wildman–Crippen MR) is 76.8 cm³/mol. The Bertz CT molecular complexity index is 374. The summed E-state index contributed by atoms with van der Waals surface area (Å²) in [7, 11) is 2.18. The Balaban J connectivity index is 2.05. The number of nitrogens with zero attached hydrogens (tertiary/aromatic N) is 2. The topological polar surface area (TPSA) is 28.2 Å². The van der Waals surface area contributed by atoms with Crippen LogP contribution in [0.2, 0.25) is 0 Å². The minimum Gasteiger partial charge on any atom is -0.356 e. The largest absolute Gasteiger partial charge is 0.356 e. The van der Waals surface area contributed by atoms with Gasteiger partial charge in [0.25, 0.3) is 0 Å². The molecule has 0 bridgehead atoms. The zero-order chi connectivity index (χ0) is 13.0. The maximum atomic E-state index is 4.57. The van der Waals surface area contributed by atoms with Gasteiger partial charge in [-0.1, -0.05) is 13.0 Å². The molecular weight excluding hydrogens is 222 g/mol. The maximum absolute atomic E-state index is 4.57. The van der Waals surface area contributed by atoms with Gasteiger partial charge < -0.3 is 10.2 Å². The summed E-state index contributed by atoms with van der Waals surface area (Å²) in [5.74, 6) is 2.01. The number of rotatable bonds is 7. The molecule has 1 aliphatic carbocycles. The van der Waals surface area contributed by atoms with Crippen LogP contribution in [0, 0.1) is 5.92 Å². The van der Waals surface area contributed by atoms with E-state index in [-0.39, 0.29) is 0 Å². The van der Waals surface area contributed by atoms with Crippen molar-refractivity contribution in [3.05, 3.63) is 23.9 Å². The second kappa shape index (κ2) is 6.19. The highest BCUT2D eigenvalue weighted by Gasteiger charge is 2.31. The number of nitrogens with one attached hydrogen (secondary N) is 1. The standard InChI is InChI=1S/C15H25N3/c1-4-9-16-11-14-6-5-10-17-15(14)18(3)12(2)13-7-8-13/h5-6,10,12-13,16H,4,7-9,11H2,1-3H3. The van der Waals surface area contributed by atoms with E-state index in [0.717, 1.165) is 24.8 Å². The average Bonchev–Trinajstić information content (AvgIpc) is 3.22. The Morgan fingerprint density at radius 2 is 2.28 bits per heavy atom. The van der Waals surface area contributed by atoms with Gasteiger partial charge in [-0.3, -0.25) is 0 Å². The minimum atomic E-state index is 0.602. The van der Waals surface area contributed by atoms with Crippen molar-refractivity contribution in [2.24, 2.45) is 5.92 Å². The smallest absolute Gasteiger partial charge is 0.132 e. The number of hydrogen-bond donors (Lipinski definition) is 1. The molecule has 1 fully saturated rings. The molecule has 1 aliphatic rings. The van der Waals surface area contributed by atoms with E-state index < -0.39 is 0 Å². The monoisotopic (exact) mass is 247 g/mol. The van der Waals surface area contributed by atoms with Gasteiger partial charge >= 0.3 is 0 Å². The lowest BCUT2D eigenvalue weighted by Crippen LogP contribution is -2.32. The Labute approximate surface area is 111 Å². The summed E-state index contributed by atoms with van der Waals surface area (Å²) in [6, 6.07) is 4.81. The fourth-order valence-electron chi connectivity index (χ4n) is 2.37. The summed E-state index contributed by atoms with van der Waals surface area (Å²) in [4.78, 5) is 6.92. The quantitative estimate of drug-likeness (QED) is 0.751. The summed E-state index contributed by atoms with van der Waals surface area (Å²) in [5, 5.41) is 3.46. The van der Waals surface area contributed by atoms with Crippen LogP contribution >= 0.6 is 0 Å². The average molecular weight is 247 g/mol. The van der Waals surface area contributed by atoms with Crippen molar-refractivity contribution in [2.75, 3.05) is 18.5 Å². The first-order chi connectivity index (χ1) is 8.74. The molecule has 0 amide bonds. The van der Waals surface area contributed by atoms with Gasteiger partial charge in [0.2, 0.25) is 0 Å². The summed E-state index contributed by atoms with van der Waals surface area (Å²) >= 11 is 0. The molecule has 100 valence electrons. The van der Waals surface area contributed by atoms with Gasteiger partial charge in [-0.05, 0) is 44.7 Å². The van der Waals surface area contributed by atoms with Crippen molar-refractivity contribution in [1.29, 1.82) is 0 Å². The van der Waals surface area contributed by atoms with E-state index in [9.17, 15) is 0 Å². The van der Waals surface area contributed by atoms with E-state index in [0.29, 0.717) is 6.04 Å². The molecule has 1 unspecified atom stereocenters. The highest BCUT2D eigenvalue weighted by molar-refractivity contribution is 5.47. The van der Waals surface area contributed by atoms with Gasteiger partial charge in [-0.2, -0.15) is 0 Å². The fourth-order valence-corrected chi connectivity index (χ4v) is 2.37. The minimum absolute atomic E-state index is 0.602. The zero-order valence-corrected chi connectivity index (χ0v) is 11.8. The summed E-state index contributed by atoms with van der Waals surface area (Å²) in [6.45, 7) is 6.49. The molecule has 0 saturated heterocycles. The predicted octanol–water partition coefficient (Wildman–Crippen LogP) is 2.82. The number of hydrogen-bond acceptors (Lipinski definition) is 3. The molecule has 1 aromatic rings. The first kappa shape index (κ1) is 13.3. The fraction of sp³-hybridized carbons (Fsp3) is 0.667. The molecule has 3 heteroatoms. The molecule has 1 saturated carbocycles. The van der Waals surface area contributed by atoms with Crippen LogP contribution in [0.5, 0.6) is 0 Å². The van der Waals surface area contributed by atoms with Crippen LogP contribution in [-0.2, 0) is 6.54 Å². The highest BCUT2D eigenvalue weighted by atomic mass is 15.2. The summed E-state index contributed by atoms with van der Waals surface area (Å²) < 4.78 is 0. The van der Waals surface area contributed by atoms with Crippen LogP contribution < -0.4 is 10.2 Å². The van der Waals surface area contributed by atoms with Crippen LogP contribution in [-0.4, -0.2) is 24.6 Å². The SMILES string of the molecule is CCCNCc1cccnc1N(C)C(C)C1CC1. The summed E-state index contributed by atoms with van der Waals surface area (Å²) in [5.41, 5.74) is 1.31. The Morgan fingerprint density at radius 1 is 1.50 bits per heavy atom. The molecule has 0 spiro atoms. The molecule has 0 aliphatic heterocycles. The lowest BCUT2D eigenvalue weighted by Gasteiger charge is -2.28. The number of pyridine rings is 1. The third kappa shape index (κ3) is 3.22. The van der Waals surface area contributed by atoms with E-state index in [2.05, 4.69) is 42.2 Å². The van der Waals surface area contributed by atoms with Gasteiger partial charge in [-0.25, -0.2) is 4.98 Å². The molecule has 1 aromatic heterocycles. The van der Waals surface area contributed by atoms with Crippen molar-refractivity contribution >= 4 is 5.82 Å². The van der Waals surface area contributed by atoms with Gasteiger partial charge in [0, 0.05) is 31.4 Å². The normalized spacial score (nSPS) is 16.6. The highest BCUT2D eigenvalue weighted by Crippen LogP contribution is 2.36. The summed E-state index contributed by atoms with van der Waals surface area (Å²) in [6.07, 6.45) is 5.82. The van der Waals surface area contributed by atoms with Crippen LogP contribution in [0.4, 0.5) is 5.82 Å². The van der Waals surface area contributed by atoms with Gasteiger partial charge in [0.1, 0.15) is 5.82 Å². The van der Waals surface area contributed by atoms with Crippen molar-refractivity contribution in [1.82, 2.24) is 10.3 Å². The number of aromatic nitrogens is 1. The van der Waals surface area contributed by atoms with E-state index in [1.807, 2.05) is 12.3 Å². The van der Waals surface area contributed by atoms with Gasteiger partial charge in [0.05, 0.1) is 0 Å². The molecule has 1 N–H and O–H groups in total. The Kier molecular flexibility index (Phi) is 4.59. The van der Waals surface area contributed by atoms with Crippen molar-refractivity contribution in [3.8, 4) is 0 Å². The molecular formula is C15H25N3. The molecule has 0 aromatic carbocycles. The van der Waals surface area contributed by atoms with Crippen molar-refractivity contribution in [3.63, 3.8) is 0 Å². The van der Waals surface area contributed by atoms with Crippen LogP contribution in [0.1, 0.15) is 38.7 Å². The molecule has 2 rings (SSSR count). The molecule has 0 radical (unpaired) electrons. The first-order valence-electron chi connectivity index (χ1n) is 7.11. The van der Waals surface area contributed by atoms with Crippen LogP contribution in [0.15, 0.2) is 18.3 Å². The first-order valence-corrected chi connectivity index (χ1v) is 7.11.